The molecular weight excluding hydrogens is 504 g/mol. The van der Waals surface area contributed by atoms with Crippen LogP contribution < -0.4 is 10.2 Å². The summed E-state index contributed by atoms with van der Waals surface area (Å²) in [5, 5.41) is 16.0. The van der Waals surface area contributed by atoms with E-state index in [1.54, 1.807) is 25.1 Å². The number of benzene rings is 2. The third kappa shape index (κ3) is 4.61. The molecule has 5 rings (SSSR count). The fourth-order valence-electron chi connectivity index (χ4n) is 4.60. The summed E-state index contributed by atoms with van der Waals surface area (Å²) in [6.07, 6.45) is 2.76. The lowest BCUT2D eigenvalue weighted by Gasteiger charge is -2.34. The second kappa shape index (κ2) is 9.72. The van der Waals surface area contributed by atoms with Gasteiger partial charge in [-0.05, 0) is 51.1 Å². The summed E-state index contributed by atoms with van der Waals surface area (Å²) in [5.74, 6) is -4.42. The third-order valence-electron chi connectivity index (χ3n) is 6.51. The number of aromatic nitrogens is 4. The molecule has 9 nitrogen and oxygen atoms in total. The lowest BCUT2D eigenvalue weighted by Crippen LogP contribution is -2.47. The zero-order chi connectivity index (χ0) is 27.9. The zero-order valence-corrected chi connectivity index (χ0v) is 21.3. The van der Waals surface area contributed by atoms with Crippen LogP contribution in [-0.4, -0.2) is 37.6 Å². The Kier molecular flexibility index (Phi) is 6.39. The number of carbonyl (C=O) groups is 2. The molecule has 0 bridgehead atoms. The number of hydrogen-bond acceptors (Lipinski definition) is 6. The summed E-state index contributed by atoms with van der Waals surface area (Å²) in [6, 6.07) is 13.5. The molecule has 3 heterocycles. The number of hydrogen-bond donors (Lipinski definition) is 1. The normalized spacial score (nSPS) is 15.0. The minimum atomic E-state index is -3.38. The lowest BCUT2D eigenvalue weighted by atomic mass is 10.0. The molecule has 1 atom stereocenters. The summed E-state index contributed by atoms with van der Waals surface area (Å²) in [7, 11) is 0. The second-order valence-corrected chi connectivity index (χ2v) is 9.33. The van der Waals surface area contributed by atoms with Crippen LogP contribution in [0.3, 0.4) is 0 Å². The number of halogens is 2. The smallest absolute Gasteiger partial charge is 0.316 e. The molecule has 2 aromatic carbocycles. The van der Waals surface area contributed by atoms with Crippen molar-refractivity contribution in [3.63, 3.8) is 0 Å². The predicted octanol–water partition coefficient (Wildman–Crippen LogP) is 4.60. The van der Waals surface area contributed by atoms with E-state index in [2.05, 4.69) is 20.4 Å². The number of carbonyl (C=O) groups excluding carboxylic acids is 2. The van der Waals surface area contributed by atoms with Gasteiger partial charge in [-0.15, -0.1) is 0 Å². The largest absolute Gasteiger partial charge is 0.322 e. The summed E-state index contributed by atoms with van der Waals surface area (Å²) in [5.41, 5.74) is 1.14. The molecule has 1 N–H and O–H groups in total. The van der Waals surface area contributed by atoms with E-state index in [1.165, 1.54) is 59.2 Å². The minimum absolute atomic E-state index is 0.0657. The van der Waals surface area contributed by atoms with Gasteiger partial charge in [-0.25, -0.2) is 4.98 Å². The molecular formula is C28H23F2N7O2. The van der Waals surface area contributed by atoms with Gasteiger partial charge in [0, 0.05) is 23.1 Å². The van der Waals surface area contributed by atoms with Crippen LogP contribution in [0.4, 0.5) is 20.2 Å². The zero-order valence-electron chi connectivity index (χ0n) is 21.3. The number of rotatable bonds is 5. The Bertz CT molecular complexity index is 1640. The van der Waals surface area contributed by atoms with Crippen molar-refractivity contribution < 1.29 is 18.4 Å². The number of nitrogens with zero attached hydrogens (tertiary/aromatic N) is 6. The topological polar surface area (TPSA) is 117 Å². The molecule has 4 aromatic rings. The quantitative estimate of drug-likeness (QED) is 0.405. The van der Waals surface area contributed by atoms with Crippen LogP contribution in [0.1, 0.15) is 56.0 Å². The molecule has 39 heavy (non-hydrogen) atoms. The molecule has 196 valence electrons. The summed E-state index contributed by atoms with van der Waals surface area (Å²) in [4.78, 5) is 36.1. The van der Waals surface area contributed by atoms with Gasteiger partial charge in [0.1, 0.15) is 11.4 Å². The molecule has 1 aliphatic rings. The molecule has 0 radical (unpaired) electrons. The summed E-state index contributed by atoms with van der Waals surface area (Å²) >= 11 is 0. The van der Waals surface area contributed by atoms with Crippen molar-refractivity contribution >= 4 is 23.2 Å². The van der Waals surface area contributed by atoms with Crippen LogP contribution in [0.2, 0.25) is 0 Å². The van der Waals surface area contributed by atoms with Gasteiger partial charge in [0.15, 0.2) is 0 Å². The number of aryl methyl sites for hydroxylation is 2. The first-order valence-electron chi connectivity index (χ1n) is 12.1. The molecule has 0 saturated carbocycles. The van der Waals surface area contributed by atoms with E-state index in [9.17, 15) is 9.59 Å². The molecule has 0 spiro atoms. The van der Waals surface area contributed by atoms with E-state index in [1.807, 2.05) is 13.0 Å². The van der Waals surface area contributed by atoms with Gasteiger partial charge in [-0.2, -0.15) is 19.1 Å². The maximum Gasteiger partial charge on any atom is 0.316 e. The average Bonchev–Trinajstić information content (AvgIpc) is 3.34. The Balaban J connectivity index is 1.43. The highest BCUT2D eigenvalue weighted by molar-refractivity contribution is 6.15. The van der Waals surface area contributed by atoms with Gasteiger partial charge in [-0.1, -0.05) is 18.2 Å². The molecule has 2 aromatic heterocycles. The van der Waals surface area contributed by atoms with Gasteiger partial charge >= 0.3 is 5.92 Å². The Morgan fingerprint density at radius 2 is 1.90 bits per heavy atom. The van der Waals surface area contributed by atoms with Crippen LogP contribution in [0.15, 0.2) is 60.9 Å². The standard InChI is InChI=1S/C28H23F2N7O2/c1-16-13-32-18(3)25(34-16)28(29,30)20-7-9-22(10-8-20)37-17(2)15-36-24(27(37)39)23(14-33-36)26(38)35-21-6-4-5-19(11-21)12-31/h4-11,13-14,17H,15H2,1-3H3,(H,35,38)/t17-/m0/s1. The van der Waals surface area contributed by atoms with E-state index >= 15 is 8.78 Å². The summed E-state index contributed by atoms with van der Waals surface area (Å²) in [6.45, 7) is 5.19. The molecule has 1 aliphatic heterocycles. The third-order valence-corrected chi connectivity index (χ3v) is 6.51. The number of nitrogens with one attached hydrogen (secondary N) is 1. The summed E-state index contributed by atoms with van der Waals surface area (Å²) < 4.78 is 32.1. The van der Waals surface area contributed by atoms with Gasteiger partial charge in [-0.3, -0.25) is 19.3 Å². The number of nitriles is 1. The van der Waals surface area contributed by atoms with Crippen molar-refractivity contribution in [2.75, 3.05) is 10.2 Å². The number of amides is 2. The SMILES string of the molecule is Cc1cnc(C)c(C(F)(F)c2ccc(N3C(=O)c4c(C(=O)Nc5cccc(C#N)c5)cnn4C[C@@H]3C)cc2)n1. The number of anilines is 2. The molecule has 11 heteroatoms. The Hall–Kier alpha value is -4.98. The van der Waals surface area contributed by atoms with Gasteiger partial charge in [0.05, 0.1) is 47.4 Å². The van der Waals surface area contributed by atoms with Crippen molar-refractivity contribution in [3.05, 3.63) is 100 Å². The molecule has 2 amide bonds. The first-order chi connectivity index (χ1) is 18.6. The Labute approximate surface area is 222 Å². The second-order valence-electron chi connectivity index (χ2n) is 9.33. The maximum absolute atomic E-state index is 15.3. The Morgan fingerprint density at radius 3 is 2.62 bits per heavy atom. The highest BCUT2D eigenvalue weighted by Gasteiger charge is 2.39. The number of fused-ring (bicyclic) bond motifs is 1. The monoisotopic (exact) mass is 527 g/mol. The van der Waals surface area contributed by atoms with Crippen molar-refractivity contribution in [1.82, 2.24) is 19.7 Å². The van der Waals surface area contributed by atoms with E-state index < -0.39 is 23.4 Å². The van der Waals surface area contributed by atoms with Crippen LogP contribution in [-0.2, 0) is 12.5 Å². The van der Waals surface area contributed by atoms with Crippen LogP contribution >= 0.6 is 0 Å². The van der Waals surface area contributed by atoms with E-state index in [-0.39, 0.29) is 28.6 Å². The van der Waals surface area contributed by atoms with Gasteiger partial charge in [0.25, 0.3) is 11.8 Å². The van der Waals surface area contributed by atoms with Crippen molar-refractivity contribution in [3.8, 4) is 6.07 Å². The van der Waals surface area contributed by atoms with Crippen molar-refractivity contribution in [2.45, 2.75) is 39.3 Å². The van der Waals surface area contributed by atoms with E-state index in [0.29, 0.717) is 29.2 Å². The maximum atomic E-state index is 15.3. The molecule has 0 aliphatic carbocycles. The van der Waals surface area contributed by atoms with E-state index in [4.69, 9.17) is 5.26 Å². The average molecular weight is 528 g/mol. The first kappa shape index (κ1) is 25.7. The van der Waals surface area contributed by atoms with Crippen LogP contribution in [0, 0.1) is 25.2 Å². The van der Waals surface area contributed by atoms with Gasteiger partial charge < -0.3 is 10.2 Å². The van der Waals surface area contributed by atoms with Crippen LogP contribution in [0.25, 0.3) is 0 Å². The van der Waals surface area contributed by atoms with Crippen molar-refractivity contribution in [1.29, 1.82) is 5.26 Å². The predicted molar refractivity (Wildman–Crippen MR) is 139 cm³/mol. The number of alkyl halides is 2. The first-order valence-corrected chi connectivity index (χ1v) is 12.1. The van der Waals surface area contributed by atoms with E-state index in [0.717, 1.165) is 0 Å². The lowest BCUT2D eigenvalue weighted by molar-refractivity contribution is 0.0366. The minimum Gasteiger partial charge on any atom is -0.322 e. The molecule has 0 unspecified atom stereocenters. The van der Waals surface area contributed by atoms with Crippen molar-refractivity contribution in [2.24, 2.45) is 0 Å². The molecule has 0 saturated heterocycles. The highest BCUT2D eigenvalue weighted by atomic mass is 19.3. The Morgan fingerprint density at radius 1 is 1.15 bits per heavy atom. The van der Waals surface area contributed by atoms with Gasteiger partial charge in [0.2, 0.25) is 0 Å². The van der Waals surface area contributed by atoms with Crippen LogP contribution in [0.5, 0.6) is 0 Å². The highest BCUT2D eigenvalue weighted by Crippen LogP contribution is 2.37. The fourth-order valence-corrected chi connectivity index (χ4v) is 4.60. The molecule has 0 fully saturated rings. The fraction of sp³-hybridized carbons (Fsp3) is 0.214.